The summed E-state index contributed by atoms with van der Waals surface area (Å²) in [6.07, 6.45) is 1.93. The van der Waals surface area contributed by atoms with Crippen molar-refractivity contribution < 1.29 is 19.5 Å². The summed E-state index contributed by atoms with van der Waals surface area (Å²) in [6.45, 7) is 3.96. The van der Waals surface area contributed by atoms with E-state index in [4.69, 9.17) is 0 Å². The Kier molecular flexibility index (Phi) is 6.15. The second-order valence-electron chi connectivity index (χ2n) is 7.45. The number of amides is 1. The molecule has 1 saturated heterocycles. The smallest absolute Gasteiger partial charge is 0.279 e. The van der Waals surface area contributed by atoms with Crippen molar-refractivity contribution in [2.75, 3.05) is 42.9 Å². The summed E-state index contributed by atoms with van der Waals surface area (Å²) < 4.78 is 0. The molecule has 1 aliphatic heterocycles. The average Bonchev–Trinajstić information content (AvgIpc) is 2.80. The highest BCUT2D eigenvalue weighted by atomic mass is 16.2. The molecule has 0 radical (unpaired) electrons. The minimum absolute atomic E-state index is 0.0713. The minimum Gasteiger partial charge on any atom is -0.321 e. The summed E-state index contributed by atoms with van der Waals surface area (Å²) in [5, 5.41) is 2.95. The normalized spacial score (nSPS) is 14.3. The number of benzene rings is 2. The van der Waals surface area contributed by atoms with Crippen molar-refractivity contribution >= 4 is 23.2 Å². The number of nitrogens with zero attached hydrogens (tertiary/aromatic N) is 1. The molecule has 2 heterocycles. The zero-order chi connectivity index (χ0) is 20.8. The van der Waals surface area contributed by atoms with Crippen molar-refractivity contribution in [2.45, 2.75) is 0 Å². The Bertz CT molecular complexity index is 1000. The Hall–Kier alpha value is -3.51. The molecule has 0 saturated carbocycles. The maximum absolute atomic E-state index is 12.8. The number of carbonyl (C=O) groups excluding carboxylic acids is 2. The van der Waals surface area contributed by atoms with Crippen LogP contribution >= 0.6 is 0 Å². The third-order valence-corrected chi connectivity index (χ3v) is 5.40. The zero-order valence-electron chi connectivity index (χ0n) is 16.8. The summed E-state index contributed by atoms with van der Waals surface area (Å²) >= 11 is 0. The second-order valence-corrected chi connectivity index (χ2v) is 7.45. The van der Waals surface area contributed by atoms with E-state index in [0.29, 0.717) is 23.4 Å². The molecule has 30 heavy (non-hydrogen) atoms. The van der Waals surface area contributed by atoms with Gasteiger partial charge < -0.3 is 10.2 Å². The number of anilines is 2. The fourth-order valence-corrected chi connectivity index (χ4v) is 3.78. The SMILES string of the molecule is O=C(C[NH+]1CCN(c2cccc[nH+]2)CC1)Nc1ccccc1C(=O)c1ccccc1. The maximum Gasteiger partial charge on any atom is 0.279 e. The Labute approximate surface area is 176 Å². The average molecular weight is 402 g/mol. The fraction of sp³-hybridized carbons (Fsp3) is 0.208. The van der Waals surface area contributed by atoms with Crippen molar-refractivity contribution in [3.63, 3.8) is 0 Å². The maximum atomic E-state index is 12.8. The van der Waals surface area contributed by atoms with Gasteiger partial charge in [-0.05, 0) is 18.2 Å². The van der Waals surface area contributed by atoms with Gasteiger partial charge in [0.05, 0.1) is 11.9 Å². The summed E-state index contributed by atoms with van der Waals surface area (Å²) in [6, 6.07) is 22.4. The van der Waals surface area contributed by atoms with E-state index in [9.17, 15) is 9.59 Å². The van der Waals surface area contributed by atoms with E-state index in [0.717, 1.165) is 32.0 Å². The van der Waals surface area contributed by atoms with Gasteiger partial charge in [0.2, 0.25) is 0 Å². The van der Waals surface area contributed by atoms with E-state index in [1.807, 2.05) is 48.7 Å². The molecule has 1 fully saturated rings. The first-order valence-corrected chi connectivity index (χ1v) is 10.2. The standard InChI is InChI=1S/C24H24N4O2/c29-23(18-27-14-16-28(17-15-27)22-12-6-7-13-25-22)26-21-11-5-4-10-20(21)24(30)19-8-2-1-3-9-19/h1-13H,14-18H2,(H,26,29)/p+2. The van der Waals surface area contributed by atoms with E-state index in [1.54, 1.807) is 24.3 Å². The number of quaternary nitrogens is 1. The molecule has 1 aliphatic rings. The van der Waals surface area contributed by atoms with Crippen LogP contribution in [0.2, 0.25) is 0 Å². The van der Waals surface area contributed by atoms with E-state index in [1.165, 1.54) is 4.90 Å². The molecule has 0 bridgehead atoms. The molecule has 6 nitrogen and oxygen atoms in total. The number of H-pyrrole nitrogens is 1. The molecule has 0 aliphatic carbocycles. The van der Waals surface area contributed by atoms with Crippen LogP contribution in [0, 0.1) is 0 Å². The predicted molar refractivity (Wildman–Crippen MR) is 116 cm³/mol. The molecule has 3 aromatic rings. The summed E-state index contributed by atoms with van der Waals surface area (Å²) in [7, 11) is 0. The Morgan fingerprint density at radius 2 is 1.60 bits per heavy atom. The van der Waals surface area contributed by atoms with Crippen molar-refractivity contribution in [3.05, 3.63) is 90.1 Å². The van der Waals surface area contributed by atoms with Crippen molar-refractivity contribution in [3.8, 4) is 0 Å². The van der Waals surface area contributed by atoms with Crippen molar-refractivity contribution in [1.29, 1.82) is 0 Å². The number of hydrogen-bond donors (Lipinski definition) is 2. The largest absolute Gasteiger partial charge is 0.321 e. The Morgan fingerprint density at radius 3 is 2.33 bits per heavy atom. The Morgan fingerprint density at radius 1 is 0.900 bits per heavy atom. The first kappa shape index (κ1) is 19.8. The molecule has 0 unspecified atom stereocenters. The van der Waals surface area contributed by atoms with E-state index in [-0.39, 0.29) is 11.7 Å². The molecule has 2 aromatic carbocycles. The molecule has 3 N–H and O–H groups in total. The number of piperazine rings is 1. The van der Waals surface area contributed by atoms with Gasteiger partial charge in [0.1, 0.15) is 26.2 Å². The van der Waals surface area contributed by atoms with Crippen molar-refractivity contribution in [1.82, 2.24) is 0 Å². The number of nitrogens with one attached hydrogen (secondary N) is 3. The van der Waals surface area contributed by atoms with Crippen LogP contribution in [0.3, 0.4) is 0 Å². The lowest BCUT2D eigenvalue weighted by atomic mass is 10.0. The minimum atomic E-state index is -0.0911. The van der Waals surface area contributed by atoms with Gasteiger partial charge in [-0.25, -0.2) is 4.98 Å². The third kappa shape index (κ3) is 4.72. The molecule has 1 amide bonds. The van der Waals surface area contributed by atoms with Gasteiger partial charge in [0, 0.05) is 17.2 Å². The van der Waals surface area contributed by atoms with E-state index < -0.39 is 0 Å². The van der Waals surface area contributed by atoms with Gasteiger partial charge in [0.25, 0.3) is 11.7 Å². The predicted octanol–water partition coefficient (Wildman–Crippen LogP) is 1.08. The first-order chi connectivity index (χ1) is 14.7. The number of aromatic nitrogens is 1. The van der Waals surface area contributed by atoms with Gasteiger partial charge in [-0.15, -0.1) is 0 Å². The number of para-hydroxylation sites is 1. The van der Waals surface area contributed by atoms with Crippen LogP contribution in [-0.4, -0.2) is 44.4 Å². The first-order valence-electron chi connectivity index (χ1n) is 10.2. The van der Waals surface area contributed by atoms with Crippen LogP contribution in [-0.2, 0) is 4.79 Å². The zero-order valence-corrected chi connectivity index (χ0v) is 16.8. The lowest BCUT2D eigenvalue weighted by Crippen LogP contribution is -3.15. The quantitative estimate of drug-likeness (QED) is 0.607. The van der Waals surface area contributed by atoms with Crippen LogP contribution in [0.5, 0.6) is 0 Å². The topological polar surface area (TPSA) is 68.0 Å². The molecule has 4 rings (SSSR count). The van der Waals surface area contributed by atoms with Crippen LogP contribution in [0.4, 0.5) is 11.5 Å². The van der Waals surface area contributed by atoms with Gasteiger partial charge >= 0.3 is 0 Å². The number of aromatic amines is 1. The van der Waals surface area contributed by atoms with Gasteiger partial charge in [-0.1, -0.05) is 48.5 Å². The molecule has 6 heteroatoms. The van der Waals surface area contributed by atoms with Crippen LogP contribution in [0.25, 0.3) is 0 Å². The summed E-state index contributed by atoms with van der Waals surface area (Å²) in [4.78, 5) is 32.3. The number of pyridine rings is 1. The number of hydrogen-bond acceptors (Lipinski definition) is 3. The highest BCUT2D eigenvalue weighted by molar-refractivity contribution is 6.13. The number of rotatable bonds is 6. The highest BCUT2D eigenvalue weighted by Crippen LogP contribution is 2.19. The van der Waals surface area contributed by atoms with Crippen LogP contribution in [0.1, 0.15) is 15.9 Å². The lowest BCUT2D eigenvalue weighted by Gasteiger charge is -2.27. The van der Waals surface area contributed by atoms with Crippen LogP contribution < -0.4 is 20.1 Å². The molecule has 0 atom stereocenters. The summed E-state index contributed by atoms with van der Waals surface area (Å²) in [5.41, 5.74) is 1.68. The van der Waals surface area contributed by atoms with Gasteiger partial charge in [0.15, 0.2) is 12.3 Å². The molecule has 152 valence electrons. The van der Waals surface area contributed by atoms with Gasteiger partial charge in [-0.2, -0.15) is 0 Å². The second kappa shape index (κ2) is 9.33. The molecular formula is C24H26N4O2+2. The van der Waals surface area contributed by atoms with Crippen LogP contribution in [0.15, 0.2) is 79.0 Å². The lowest BCUT2D eigenvalue weighted by molar-refractivity contribution is -0.892. The monoisotopic (exact) mass is 402 g/mol. The molecular weight excluding hydrogens is 376 g/mol. The fourth-order valence-electron chi connectivity index (χ4n) is 3.78. The molecule has 1 aromatic heterocycles. The third-order valence-electron chi connectivity index (χ3n) is 5.40. The number of ketones is 1. The summed E-state index contributed by atoms with van der Waals surface area (Å²) in [5.74, 6) is 0.943. The van der Waals surface area contributed by atoms with E-state index in [2.05, 4.69) is 21.3 Å². The van der Waals surface area contributed by atoms with Crippen molar-refractivity contribution in [2.24, 2.45) is 0 Å². The Balaban J connectivity index is 1.36. The number of carbonyl (C=O) groups is 2. The highest BCUT2D eigenvalue weighted by Gasteiger charge is 2.27. The van der Waals surface area contributed by atoms with Gasteiger partial charge in [-0.3, -0.25) is 14.5 Å². The van der Waals surface area contributed by atoms with E-state index >= 15 is 0 Å². The molecule has 0 spiro atoms.